The van der Waals surface area contributed by atoms with Gasteiger partial charge in [0.25, 0.3) is 0 Å². The number of rotatable bonds is 5. The summed E-state index contributed by atoms with van der Waals surface area (Å²) in [4.78, 5) is 12.1. The first-order valence-electron chi connectivity index (χ1n) is 7.59. The van der Waals surface area contributed by atoms with Crippen molar-refractivity contribution in [2.45, 2.75) is 50.4 Å². The number of carbonyl (C=O) groups excluding carboxylic acids is 1. The number of ether oxygens (including phenoxy) is 1. The number of alkyl halides is 1. The van der Waals surface area contributed by atoms with Crippen LogP contribution in [0.5, 0.6) is 0 Å². The Kier molecular flexibility index (Phi) is 4.82. The fourth-order valence-corrected chi connectivity index (χ4v) is 3.09. The van der Waals surface area contributed by atoms with E-state index in [-0.39, 0.29) is 25.5 Å². The van der Waals surface area contributed by atoms with Crippen LogP contribution in [0.3, 0.4) is 0 Å². The first-order chi connectivity index (χ1) is 10.5. The molecular formula is C17H21FN2O2. The maximum Gasteiger partial charge on any atom is 0.347 e. The third-order valence-corrected chi connectivity index (χ3v) is 4.30. The zero-order valence-corrected chi connectivity index (χ0v) is 12.9. The number of nitrogens with one attached hydrogen (secondary N) is 1. The van der Waals surface area contributed by atoms with Crippen LogP contribution in [0.4, 0.5) is 4.39 Å². The van der Waals surface area contributed by atoms with E-state index < -0.39 is 17.2 Å². The third-order valence-electron chi connectivity index (χ3n) is 4.30. The van der Waals surface area contributed by atoms with E-state index >= 15 is 4.39 Å². The third kappa shape index (κ3) is 2.71. The molecule has 1 N–H and O–H groups in total. The molecular weight excluding hydrogens is 283 g/mol. The van der Waals surface area contributed by atoms with Crippen LogP contribution >= 0.6 is 0 Å². The Morgan fingerprint density at radius 3 is 2.73 bits per heavy atom. The van der Waals surface area contributed by atoms with Gasteiger partial charge in [0, 0.05) is 6.04 Å². The lowest BCUT2D eigenvalue weighted by atomic mass is 9.84. The van der Waals surface area contributed by atoms with E-state index in [2.05, 4.69) is 5.32 Å². The molecule has 0 aliphatic heterocycles. The van der Waals surface area contributed by atoms with Gasteiger partial charge in [-0.05, 0) is 38.7 Å². The van der Waals surface area contributed by atoms with Gasteiger partial charge in [0.15, 0.2) is 5.54 Å². The van der Waals surface area contributed by atoms with Crippen molar-refractivity contribution in [3.63, 3.8) is 0 Å². The quantitative estimate of drug-likeness (QED) is 0.849. The lowest BCUT2D eigenvalue weighted by molar-refractivity contribution is -0.160. The summed E-state index contributed by atoms with van der Waals surface area (Å²) in [6.07, 6.45) is 0.765. The SMILES string of the molecule is CCOC(=O)C1(F)CCCC1(C#N)N[C@@H](C)c1ccccc1. The first kappa shape index (κ1) is 16.4. The predicted octanol–water partition coefficient (Wildman–Crippen LogP) is 3.05. The lowest BCUT2D eigenvalue weighted by Crippen LogP contribution is -2.61. The predicted molar refractivity (Wildman–Crippen MR) is 80.7 cm³/mol. The molecule has 3 atom stereocenters. The van der Waals surface area contributed by atoms with Gasteiger partial charge >= 0.3 is 5.97 Å². The van der Waals surface area contributed by atoms with Gasteiger partial charge in [0.1, 0.15) is 0 Å². The highest BCUT2D eigenvalue weighted by Gasteiger charge is 2.63. The molecule has 1 aromatic rings. The number of hydrogen-bond acceptors (Lipinski definition) is 4. The first-order valence-corrected chi connectivity index (χ1v) is 7.59. The van der Waals surface area contributed by atoms with E-state index in [0.717, 1.165) is 5.56 Å². The highest BCUT2D eigenvalue weighted by Crippen LogP contribution is 2.44. The number of benzene rings is 1. The molecule has 0 bridgehead atoms. The molecule has 0 spiro atoms. The number of carbonyl (C=O) groups is 1. The fourth-order valence-electron chi connectivity index (χ4n) is 3.09. The van der Waals surface area contributed by atoms with Crippen molar-refractivity contribution in [3.05, 3.63) is 35.9 Å². The van der Waals surface area contributed by atoms with Gasteiger partial charge in [0.2, 0.25) is 5.67 Å². The summed E-state index contributed by atoms with van der Waals surface area (Å²) in [5.41, 5.74) is -2.91. The van der Waals surface area contributed by atoms with Gasteiger partial charge in [-0.3, -0.25) is 5.32 Å². The van der Waals surface area contributed by atoms with Crippen LogP contribution in [0.1, 0.15) is 44.7 Å². The average molecular weight is 304 g/mol. The van der Waals surface area contributed by atoms with E-state index in [1.54, 1.807) is 6.92 Å². The van der Waals surface area contributed by atoms with Gasteiger partial charge in [-0.15, -0.1) is 0 Å². The van der Waals surface area contributed by atoms with Crippen LogP contribution in [0, 0.1) is 11.3 Å². The summed E-state index contributed by atoms with van der Waals surface area (Å²) in [6, 6.07) is 11.2. The smallest absolute Gasteiger partial charge is 0.347 e. The van der Waals surface area contributed by atoms with Crippen molar-refractivity contribution in [3.8, 4) is 6.07 Å². The monoisotopic (exact) mass is 304 g/mol. The normalized spacial score (nSPS) is 28.8. The van der Waals surface area contributed by atoms with Crippen molar-refractivity contribution < 1.29 is 13.9 Å². The summed E-state index contributed by atoms with van der Waals surface area (Å²) in [7, 11) is 0. The van der Waals surface area contributed by atoms with Gasteiger partial charge in [-0.2, -0.15) is 5.26 Å². The Morgan fingerprint density at radius 2 is 2.14 bits per heavy atom. The number of esters is 1. The maximum atomic E-state index is 15.3. The second-order valence-corrected chi connectivity index (χ2v) is 5.67. The van der Waals surface area contributed by atoms with E-state index in [4.69, 9.17) is 4.74 Å². The van der Waals surface area contributed by atoms with Crippen molar-refractivity contribution in [2.24, 2.45) is 0 Å². The molecule has 1 aromatic carbocycles. The van der Waals surface area contributed by atoms with Crippen LogP contribution in [0.2, 0.25) is 0 Å². The Balaban J connectivity index is 2.28. The molecule has 2 rings (SSSR count). The standard InChI is InChI=1S/C17H21FN2O2/c1-3-22-15(21)17(18)11-7-10-16(17,12-19)20-13(2)14-8-5-4-6-9-14/h4-6,8-9,13,20H,3,7,10-11H2,1-2H3/t13-,16?,17?/m0/s1. The fraction of sp³-hybridized carbons (Fsp3) is 0.529. The number of nitrogens with zero attached hydrogens (tertiary/aromatic N) is 1. The van der Waals surface area contributed by atoms with Crippen LogP contribution < -0.4 is 5.32 Å². The average Bonchev–Trinajstić information content (AvgIpc) is 2.87. The Labute approximate surface area is 130 Å². The molecule has 1 fully saturated rings. The second-order valence-electron chi connectivity index (χ2n) is 5.67. The summed E-state index contributed by atoms with van der Waals surface area (Å²) < 4.78 is 20.2. The van der Waals surface area contributed by atoms with Crippen LogP contribution in [0.15, 0.2) is 30.3 Å². The van der Waals surface area contributed by atoms with Gasteiger partial charge in [-0.25, -0.2) is 9.18 Å². The van der Waals surface area contributed by atoms with Crippen molar-refractivity contribution >= 4 is 5.97 Å². The molecule has 1 saturated carbocycles. The van der Waals surface area contributed by atoms with Crippen molar-refractivity contribution in [1.29, 1.82) is 5.26 Å². The molecule has 118 valence electrons. The molecule has 22 heavy (non-hydrogen) atoms. The molecule has 1 aliphatic carbocycles. The Morgan fingerprint density at radius 1 is 1.45 bits per heavy atom. The van der Waals surface area contributed by atoms with Gasteiger partial charge in [0.05, 0.1) is 12.7 Å². The summed E-state index contributed by atoms with van der Waals surface area (Å²) in [6.45, 7) is 3.59. The second kappa shape index (κ2) is 6.45. The summed E-state index contributed by atoms with van der Waals surface area (Å²) in [5, 5.41) is 12.7. The van der Waals surface area contributed by atoms with Crippen LogP contribution in [-0.2, 0) is 9.53 Å². The minimum atomic E-state index is -2.30. The molecule has 4 nitrogen and oxygen atoms in total. The molecule has 2 unspecified atom stereocenters. The van der Waals surface area contributed by atoms with Crippen LogP contribution in [0.25, 0.3) is 0 Å². The zero-order chi connectivity index (χ0) is 16.2. The molecule has 0 saturated heterocycles. The van der Waals surface area contributed by atoms with E-state index in [9.17, 15) is 10.1 Å². The molecule has 0 amide bonds. The molecule has 0 aromatic heterocycles. The minimum absolute atomic E-state index is 0.00784. The lowest BCUT2D eigenvalue weighted by Gasteiger charge is -2.36. The topological polar surface area (TPSA) is 62.1 Å². The Bertz CT molecular complexity index is 572. The minimum Gasteiger partial charge on any atom is -0.464 e. The van der Waals surface area contributed by atoms with Crippen molar-refractivity contribution in [1.82, 2.24) is 5.32 Å². The largest absolute Gasteiger partial charge is 0.464 e. The van der Waals surface area contributed by atoms with Crippen LogP contribution in [-0.4, -0.2) is 23.8 Å². The van der Waals surface area contributed by atoms with Crippen molar-refractivity contribution in [2.75, 3.05) is 6.61 Å². The number of hydrogen-bond donors (Lipinski definition) is 1. The highest BCUT2D eigenvalue weighted by atomic mass is 19.1. The molecule has 0 heterocycles. The van der Waals surface area contributed by atoms with E-state index in [1.807, 2.05) is 43.3 Å². The number of halogens is 1. The highest BCUT2D eigenvalue weighted by molar-refractivity contribution is 5.83. The summed E-state index contributed by atoms with van der Waals surface area (Å²) >= 11 is 0. The zero-order valence-electron chi connectivity index (χ0n) is 12.9. The molecule has 5 heteroatoms. The van der Waals surface area contributed by atoms with Gasteiger partial charge < -0.3 is 4.74 Å². The molecule has 1 aliphatic rings. The number of nitriles is 1. The summed E-state index contributed by atoms with van der Waals surface area (Å²) in [5.74, 6) is -0.943. The maximum absolute atomic E-state index is 15.3. The Hall–Kier alpha value is -1.93. The molecule has 0 radical (unpaired) electrons. The van der Waals surface area contributed by atoms with E-state index in [0.29, 0.717) is 6.42 Å². The van der Waals surface area contributed by atoms with E-state index in [1.165, 1.54) is 0 Å². The van der Waals surface area contributed by atoms with Gasteiger partial charge in [-0.1, -0.05) is 30.3 Å².